The number of carbonyl (C=O) groups is 2. The lowest BCUT2D eigenvalue weighted by atomic mass is 10.1. The second-order valence-corrected chi connectivity index (χ2v) is 6.17. The Hall–Kier alpha value is -3.26. The molecule has 2 aromatic rings. The molecule has 1 amide bonds. The van der Waals surface area contributed by atoms with E-state index in [4.69, 9.17) is 30.6 Å². The molecule has 0 aliphatic carbocycles. The van der Waals surface area contributed by atoms with E-state index in [-0.39, 0.29) is 6.79 Å². The number of ether oxygens (including phenoxy) is 3. The van der Waals surface area contributed by atoms with Crippen molar-refractivity contribution in [2.75, 3.05) is 25.3 Å². The van der Waals surface area contributed by atoms with Gasteiger partial charge in [0.2, 0.25) is 13.4 Å². The lowest BCUT2D eigenvalue weighted by molar-refractivity contribution is -0.151. The molecule has 0 radical (unpaired) electrons. The summed E-state index contributed by atoms with van der Waals surface area (Å²) < 4.78 is 15.4. The van der Waals surface area contributed by atoms with E-state index in [1.807, 2.05) is 0 Å². The van der Waals surface area contributed by atoms with Crippen LogP contribution in [0.1, 0.15) is 12.5 Å². The molecule has 0 spiro atoms. The molecular weight excluding hydrogens is 388 g/mol. The molecule has 0 saturated carbocycles. The van der Waals surface area contributed by atoms with Crippen molar-refractivity contribution < 1.29 is 28.6 Å². The minimum absolute atomic E-state index is 0.183. The van der Waals surface area contributed by atoms with Crippen LogP contribution in [0.4, 0.5) is 5.69 Å². The van der Waals surface area contributed by atoms with Gasteiger partial charge in [0.05, 0.1) is 5.71 Å². The number of carbonyl (C=O) groups excluding carboxylic acids is 2. The normalized spacial score (nSPS) is 12.4. The number of hydrogen-bond acceptors (Lipinski definition) is 7. The largest absolute Gasteiger partial charge is 0.454 e. The van der Waals surface area contributed by atoms with E-state index < -0.39 is 25.1 Å². The lowest BCUT2D eigenvalue weighted by Gasteiger charge is -2.07. The standard InChI is InChI=1S/C19H17ClN2O6/c1-12(13-2-7-16-17(8-13)27-11-26-16)22-28-10-19(24)25-9-18(23)21-15-5-3-14(20)4-6-15/h2-8H,9-11H2,1H3,(H,21,23)/b22-12-. The molecule has 0 atom stereocenters. The minimum atomic E-state index is -0.714. The molecule has 0 aromatic heterocycles. The van der Waals surface area contributed by atoms with Gasteiger partial charge < -0.3 is 24.4 Å². The van der Waals surface area contributed by atoms with Gasteiger partial charge in [-0.3, -0.25) is 4.79 Å². The Morgan fingerprint density at radius 1 is 1.11 bits per heavy atom. The molecule has 1 aliphatic rings. The summed E-state index contributed by atoms with van der Waals surface area (Å²) in [4.78, 5) is 28.4. The number of nitrogens with zero attached hydrogens (tertiary/aromatic N) is 1. The van der Waals surface area contributed by atoms with E-state index in [1.54, 1.807) is 49.4 Å². The summed E-state index contributed by atoms with van der Waals surface area (Å²) in [5.41, 5.74) is 1.86. The van der Waals surface area contributed by atoms with E-state index in [0.717, 1.165) is 5.56 Å². The van der Waals surface area contributed by atoms with Gasteiger partial charge in [-0.2, -0.15) is 0 Å². The fraction of sp³-hybridized carbons (Fsp3) is 0.211. The molecule has 28 heavy (non-hydrogen) atoms. The number of anilines is 1. The fourth-order valence-electron chi connectivity index (χ4n) is 2.27. The first-order valence-electron chi connectivity index (χ1n) is 8.29. The molecule has 1 heterocycles. The third kappa shape index (κ3) is 5.37. The minimum Gasteiger partial charge on any atom is -0.454 e. The van der Waals surface area contributed by atoms with Gasteiger partial charge in [0.15, 0.2) is 18.1 Å². The Bertz CT molecular complexity index is 898. The average molecular weight is 405 g/mol. The van der Waals surface area contributed by atoms with Crippen molar-refractivity contribution >= 4 is 34.9 Å². The maximum atomic E-state index is 11.8. The number of rotatable bonds is 7. The third-order valence-corrected chi connectivity index (χ3v) is 3.92. The summed E-state index contributed by atoms with van der Waals surface area (Å²) in [7, 11) is 0. The summed E-state index contributed by atoms with van der Waals surface area (Å²) in [5.74, 6) is 0.0975. The molecule has 8 nitrogen and oxygen atoms in total. The molecule has 2 aromatic carbocycles. The van der Waals surface area contributed by atoms with Crippen LogP contribution in [0.2, 0.25) is 5.02 Å². The SMILES string of the molecule is C/C(=N/OCC(=O)OCC(=O)Nc1ccc(Cl)cc1)c1ccc2c(c1)OCO2. The lowest BCUT2D eigenvalue weighted by Crippen LogP contribution is -2.22. The Kier molecular flexibility index (Phi) is 6.33. The van der Waals surface area contributed by atoms with Gasteiger partial charge in [-0.15, -0.1) is 0 Å². The van der Waals surface area contributed by atoms with Gasteiger partial charge in [0, 0.05) is 16.3 Å². The van der Waals surface area contributed by atoms with Crippen molar-refractivity contribution in [2.24, 2.45) is 5.16 Å². The van der Waals surface area contributed by atoms with Crippen LogP contribution in [-0.4, -0.2) is 37.6 Å². The van der Waals surface area contributed by atoms with Crippen LogP contribution >= 0.6 is 11.6 Å². The highest BCUT2D eigenvalue weighted by molar-refractivity contribution is 6.30. The quantitative estimate of drug-likeness (QED) is 0.433. The molecule has 0 saturated heterocycles. The average Bonchev–Trinajstić information content (AvgIpc) is 3.16. The van der Waals surface area contributed by atoms with Gasteiger partial charge in [0.1, 0.15) is 0 Å². The zero-order valence-corrected chi connectivity index (χ0v) is 15.7. The summed E-state index contributed by atoms with van der Waals surface area (Å²) in [6, 6.07) is 11.9. The number of nitrogens with one attached hydrogen (secondary N) is 1. The molecule has 0 bridgehead atoms. The van der Waals surface area contributed by atoms with Gasteiger partial charge in [0.25, 0.3) is 5.91 Å². The van der Waals surface area contributed by atoms with Crippen molar-refractivity contribution in [1.82, 2.24) is 0 Å². The van der Waals surface area contributed by atoms with Crippen molar-refractivity contribution in [3.63, 3.8) is 0 Å². The molecule has 3 rings (SSSR count). The van der Waals surface area contributed by atoms with Crippen molar-refractivity contribution in [1.29, 1.82) is 0 Å². The Morgan fingerprint density at radius 2 is 1.86 bits per heavy atom. The number of fused-ring (bicyclic) bond motifs is 1. The molecule has 1 aliphatic heterocycles. The smallest absolute Gasteiger partial charge is 0.347 e. The first kappa shape index (κ1) is 19.5. The van der Waals surface area contributed by atoms with E-state index in [2.05, 4.69) is 10.5 Å². The van der Waals surface area contributed by atoms with Crippen LogP contribution in [0.5, 0.6) is 11.5 Å². The first-order chi connectivity index (χ1) is 13.5. The molecular formula is C19H17ClN2O6. The monoisotopic (exact) mass is 404 g/mol. The number of benzene rings is 2. The van der Waals surface area contributed by atoms with Crippen LogP contribution in [-0.2, 0) is 19.2 Å². The van der Waals surface area contributed by atoms with E-state index in [1.165, 1.54) is 0 Å². The van der Waals surface area contributed by atoms with Gasteiger partial charge in [-0.1, -0.05) is 16.8 Å². The molecule has 0 unspecified atom stereocenters. The Morgan fingerprint density at radius 3 is 2.64 bits per heavy atom. The first-order valence-corrected chi connectivity index (χ1v) is 8.66. The van der Waals surface area contributed by atoms with E-state index in [9.17, 15) is 9.59 Å². The molecule has 9 heteroatoms. The predicted octanol–water partition coefficient (Wildman–Crippen LogP) is 2.99. The molecule has 146 valence electrons. The van der Waals surface area contributed by atoms with Crippen LogP contribution < -0.4 is 14.8 Å². The summed E-state index contributed by atoms with van der Waals surface area (Å²) in [6.07, 6.45) is 0. The molecule has 0 fully saturated rings. The summed E-state index contributed by atoms with van der Waals surface area (Å²) in [6.45, 7) is 1.05. The number of hydrogen-bond donors (Lipinski definition) is 1. The summed E-state index contributed by atoms with van der Waals surface area (Å²) in [5, 5.41) is 7.00. The van der Waals surface area contributed by atoms with Crippen LogP contribution in [0.15, 0.2) is 47.6 Å². The van der Waals surface area contributed by atoms with E-state index in [0.29, 0.717) is 27.9 Å². The van der Waals surface area contributed by atoms with Crippen LogP contribution in [0.25, 0.3) is 0 Å². The maximum absolute atomic E-state index is 11.8. The zero-order valence-electron chi connectivity index (χ0n) is 14.9. The number of oxime groups is 1. The van der Waals surface area contributed by atoms with Gasteiger partial charge >= 0.3 is 5.97 Å². The van der Waals surface area contributed by atoms with Gasteiger partial charge in [-0.05, 0) is 49.4 Å². The number of amides is 1. The zero-order chi connectivity index (χ0) is 19.9. The van der Waals surface area contributed by atoms with Crippen LogP contribution in [0, 0.1) is 0 Å². The van der Waals surface area contributed by atoms with E-state index >= 15 is 0 Å². The fourth-order valence-corrected chi connectivity index (χ4v) is 2.40. The maximum Gasteiger partial charge on any atom is 0.347 e. The Balaban J connectivity index is 1.40. The number of esters is 1. The number of halogens is 1. The second kappa shape index (κ2) is 9.09. The highest BCUT2D eigenvalue weighted by atomic mass is 35.5. The van der Waals surface area contributed by atoms with Crippen molar-refractivity contribution in [3.05, 3.63) is 53.1 Å². The third-order valence-electron chi connectivity index (χ3n) is 3.67. The topological polar surface area (TPSA) is 95.5 Å². The predicted molar refractivity (Wildman–Crippen MR) is 102 cm³/mol. The van der Waals surface area contributed by atoms with Crippen LogP contribution in [0.3, 0.4) is 0 Å². The Labute approximate surface area is 166 Å². The molecule has 1 N–H and O–H groups in total. The highest BCUT2D eigenvalue weighted by Gasteiger charge is 2.14. The van der Waals surface area contributed by atoms with Crippen molar-refractivity contribution in [3.8, 4) is 11.5 Å². The highest BCUT2D eigenvalue weighted by Crippen LogP contribution is 2.32. The van der Waals surface area contributed by atoms with Gasteiger partial charge in [-0.25, -0.2) is 4.79 Å². The second-order valence-electron chi connectivity index (χ2n) is 5.73. The summed E-state index contributed by atoms with van der Waals surface area (Å²) >= 11 is 5.77. The van der Waals surface area contributed by atoms with Crippen molar-refractivity contribution in [2.45, 2.75) is 6.92 Å².